The molecule has 9 heteroatoms. The summed E-state index contributed by atoms with van der Waals surface area (Å²) in [5.74, 6) is 1.94. The van der Waals surface area contributed by atoms with E-state index < -0.39 is 17.3 Å². The quantitative estimate of drug-likeness (QED) is 0.657. The molecule has 34 heavy (non-hydrogen) atoms. The van der Waals surface area contributed by atoms with Crippen LogP contribution in [0.1, 0.15) is 51.5 Å². The fourth-order valence-electron chi connectivity index (χ4n) is 7.17. The number of halogens is 3. The lowest BCUT2D eigenvalue weighted by Crippen LogP contribution is -2.65. The standard InChI is InChI=1S/C25H33F3N4O2/c1-23(2,22(34)30-21-17-9-16-10-18(21)13-24(11-16,12-17)15-33)32-7-5-31(6-8-32)20-4-3-19(14-29-20)25(26,27)28/h3-4,14-18,21H,5-13H2,1-2H3,(H,30,34)/t16?,17-,18+,21?,24?. The van der Waals surface area contributed by atoms with Crippen LogP contribution < -0.4 is 10.2 Å². The molecule has 2 heterocycles. The van der Waals surface area contributed by atoms with E-state index in [1.165, 1.54) is 12.4 Å². The van der Waals surface area contributed by atoms with E-state index in [1.807, 2.05) is 18.7 Å². The van der Waals surface area contributed by atoms with Gasteiger partial charge in [-0.15, -0.1) is 0 Å². The normalized spacial score (nSPS) is 33.7. The van der Waals surface area contributed by atoms with Gasteiger partial charge in [-0.1, -0.05) is 0 Å². The highest BCUT2D eigenvalue weighted by atomic mass is 19.4. The molecule has 6 rings (SSSR count). The number of nitrogens with one attached hydrogen (secondary N) is 1. The van der Waals surface area contributed by atoms with E-state index in [2.05, 4.69) is 15.2 Å². The van der Waals surface area contributed by atoms with Gasteiger partial charge in [0.25, 0.3) is 0 Å². The topological polar surface area (TPSA) is 65.5 Å². The van der Waals surface area contributed by atoms with Crippen LogP contribution in [-0.4, -0.2) is 59.8 Å². The van der Waals surface area contributed by atoms with Gasteiger partial charge in [0.15, 0.2) is 0 Å². The molecule has 1 aliphatic heterocycles. The van der Waals surface area contributed by atoms with Crippen LogP contribution in [0.15, 0.2) is 18.3 Å². The molecule has 0 spiro atoms. The van der Waals surface area contributed by atoms with Crippen molar-refractivity contribution in [3.63, 3.8) is 0 Å². The van der Waals surface area contributed by atoms with Crippen LogP contribution in [0.3, 0.4) is 0 Å². The van der Waals surface area contributed by atoms with Gasteiger partial charge in [0.05, 0.1) is 11.1 Å². The molecule has 1 N–H and O–H groups in total. The maximum absolute atomic E-state index is 13.4. The van der Waals surface area contributed by atoms with Crippen LogP contribution >= 0.6 is 0 Å². The van der Waals surface area contributed by atoms with Gasteiger partial charge in [-0.05, 0) is 75.8 Å². The summed E-state index contributed by atoms with van der Waals surface area (Å²) in [6, 6.07) is 2.62. The Morgan fingerprint density at radius 3 is 2.26 bits per heavy atom. The number of aromatic nitrogens is 1. The van der Waals surface area contributed by atoms with E-state index in [9.17, 15) is 22.8 Å². The molecular weight excluding hydrogens is 445 g/mol. The Morgan fingerprint density at radius 2 is 1.74 bits per heavy atom. The SMILES string of the molecule is CC(C)(C(=O)NC1[C@@H]2CC3C[C@H]1CC(C=O)(C3)C2)N1CCN(c2ccc(C(F)(F)F)cn2)CC1. The minimum absolute atomic E-state index is 0.0197. The van der Waals surface area contributed by atoms with Gasteiger partial charge in [0.1, 0.15) is 12.1 Å². The predicted molar refractivity (Wildman–Crippen MR) is 121 cm³/mol. The Morgan fingerprint density at radius 1 is 1.09 bits per heavy atom. The number of hydrogen-bond donors (Lipinski definition) is 1. The van der Waals surface area contributed by atoms with E-state index in [4.69, 9.17) is 0 Å². The Bertz CT molecular complexity index is 924. The van der Waals surface area contributed by atoms with E-state index >= 15 is 0 Å². The molecule has 3 unspecified atom stereocenters. The third-order valence-electron chi connectivity index (χ3n) is 8.89. The Balaban J connectivity index is 1.19. The Kier molecular flexibility index (Phi) is 5.69. The molecule has 1 aromatic heterocycles. The zero-order valence-corrected chi connectivity index (χ0v) is 19.8. The van der Waals surface area contributed by atoms with E-state index in [1.54, 1.807) is 0 Å². The van der Waals surface area contributed by atoms with Gasteiger partial charge in [0, 0.05) is 43.8 Å². The van der Waals surface area contributed by atoms with E-state index in [0.29, 0.717) is 49.8 Å². The lowest BCUT2D eigenvalue weighted by molar-refractivity contribution is -0.142. The van der Waals surface area contributed by atoms with Crippen molar-refractivity contribution in [1.29, 1.82) is 0 Å². The maximum atomic E-state index is 13.4. The van der Waals surface area contributed by atoms with Gasteiger partial charge in [-0.2, -0.15) is 13.2 Å². The molecule has 1 saturated heterocycles. The van der Waals surface area contributed by atoms with Crippen molar-refractivity contribution in [3.05, 3.63) is 23.9 Å². The Labute approximate surface area is 198 Å². The van der Waals surface area contributed by atoms with Gasteiger partial charge >= 0.3 is 6.18 Å². The molecule has 5 atom stereocenters. The van der Waals surface area contributed by atoms with Crippen LogP contribution in [0.5, 0.6) is 0 Å². The fraction of sp³-hybridized carbons (Fsp3) is 0.720. The van der Waals surface area contributed by atoms with Crippen LogP contribution in [0.2, 0.25) is 0 Å². The average molecular weight is 479 g/mol. The number of aldehydes is 1. The molecule has 1 aromatic rings. The second-order valence-electron chi connectivity index (χ2n) is 11.4. The first-order valence-electron chi connectivity index (χ1n) is 12.3. The van der Waals surface area contributed by atoms with Crippen LogP contribution in [-0.2, 0) is 15.8 Å². The molecular formula is C25H33F3N4O2. The van der Waals surface area contributed by atoms with Crippen molar-refractivity contribution in [2.24, 2.45) is 23.2 Å². The summed E-state index contributed by atoms with van der Waals surface area (Å²) in [5.41, 5.74) is -1.61. The zero-order valence-electron chi connectivity index (χ0n) is 19.8. The number of carbonyl (C=O) groups excluding carboxylic acids is 2. The van der Waals surface area contributed by atoms with Crippen LogP contribution in [0.25, 0.3) is 0 Å². The number of alkyl halides is 3. The fourth-order valence-corrected chi connectivity index (χ4v) is 7.17. The average Bonchev–Trinajstić information content (AvgIpc) is 2.80. The van der Waals surface area contributed by atoms with E-state index in [-0.39, 0.29) is 17.4 Å². The second-order valence-corrected chi connectivity index (χ2v) is 11.4. The van der Waals surface area contributed by atoms with Crippen molar-refractivity contribution in [2.45, 2.75) is 63.7 Å². The molecule has 5 fully saturated rings. The highest BCUT2D eigenvalue weighted by Gasteiger charge is 2.56. The van der Waals surface area contributed by atoms with Crippen molar-refractivity contribution in [3.8, 4) is 0 Å². The molecule has 4 saturated carbocycles. The summed E-state index contributed by atoms with van der Waals surface area (Å²) in [7, 11) is 0. The van der Waals surface area contributed by atoms with Crippen molar-refractivity contribution < 1.29 is 22.8 Å². The first kappa shape index (κ1) is 23.6. The maximum Gasteiger partial charge on any atom is 0.417 e. The monoisotopic (exact) mass is 478 g/mol. The third kappa shape index (κ3) is 4.10. The summed E-state index contributed by atoms with van der Waals surface area (Å²) < 4.78 is 38.4. The Hall–Kier alpha value is -2.16. The molecule has 1 amide bonds. The molecule has 186 valence electrons. The number of pyridine rings is 1. The van der Waals surface area contributed by atoms with Gasteiger partial charge in [0.2, 0.25) is 5.91 Å². The zero-order chi connectivity index (χ0) is 24.3. The number of carbonyl (C=O) groups is 2. The van der Waals surface area contributed by atoms with Gasteiger partial charge < -0.3 is 15.0 Å². The molecule has 0 aromatic carbocycles. The van der Waals surface area contributed by atoms with Crippen molar-refractivity contribution >= 4 is 18.0 Å². The minimum atomic E-state index is -4.40. The highest BCUT2D eigenvalue weighted by Crippen LogP contribution is 2.59. The molecule has 4 bridgehead atoms. The number of piperazine rings is 1. The summed E-state index contributed by atoms with van der Waals surface area (Å²) in [5, 5.41) is 3.38. The molecule has 5 aliphatic rings. The summed E-state index contributed by atoms with van der Waals surface area (Å²) in [6.45, 7) is 6.31. The van der Waals surface area contributed by atoms with Gasteiger partial charge in [-0.25, -0.2) is 4.98 Å². The first-order chi connectivity index (χ1) is 16.0. The van der Waals surface area contributed by atoms with Gasteiger partial charge in [-0.3, -0.25) is 9.69 Å². The number of hydrogen-bond acceptors (Lipinski definition) is 5. The predicted octanol–water partition coefficient (Wildman–Crippen LogP) is 3.51. The number of amides is 1. The lowest BCUT2D eigenvalue weighted by Gasteiger charge is -2.58. The number of anilines is 1. The number of nitrogens with zero attached hydrogens (tertiary/aromatic N) is 3. The molecule has 6 nitrogen and oxygen atoms in total. The smallest absolute Gasteiger partial charge is 0.354 e. The van der Waals surface area contributed by atoms with Crippen LogP contribution in [0.4, 0.5) is 19.0 Å². The number of rotatable bonds is 5. The van der Waals surface area contributed by atoms with E-state index in [0.717, 1.165) is 44.4 Å². The molecule has 4 aliphatic carbocycles. The van der Waals surface area contributed by atoms with Crippen LogP contribution in [0, 0.1) is 23.2 Å². The lowest BCUT2D eigenvalue weighted by atomic mass is 9.48. The largest absolute Gasteiger partial charge is 0.417 e. The third-order valence-corrected chi connectivity index (χ3v) is 8.89. The summed E-state index contributed by atoms with van der Waals surface area (Å²) in [6.07, 6.45) is 2.69. The summed E-state index contributed by atoms with van der Waals surface area (Å²) in [4.78, 5) is 33.3. The minimum Gasteiger partial charge on any atom is -0.354 e. The summed E-state index contributed by atoms with van der Waals surface area (Å²) >= 11 is 0. The molecule has 0 radical (unpaired) electrons. The second kappa shape index (κ2) is 8.21. The highest BCUT2D eigenvalue weighted by molar-refractivity contribution is 5.86. The van der Waals surface area contributed by atoms with Crippen molar-refractivity contribution in [2.75, 3.05) is 31.1 Å². The van der Waals surface area contributed by atoms with Crippen molar-refractivity contribution in [1.82, 2.24) is 15.2 Å². The first-order valence-corrected chi connectivity index (χ1v) is 12.3.